The third-order valence-corrected chi connectivity index (χ3v) is 5.58. The Labute approximate surface area is 158 Å². The highest BCUT2D eigenvalue weighted by atomic mass is 16.2. The van der Waals surface area contributed by atoms with E-state index in [4.69, 9.17) is 0 Å². The summed E-state index contributed by atoms with van der Waals surface area (Å²) in [5, 5.41) is 7.43. The predicted molar refractivity (Wildman–Crippen MR) is 102 cm³/mol. The summed E-state index contributed by atoms with van der Waals surface area (Å²) < 4.78 is 1.66. The van der Waals surface area contributed by atoms with Gasteiger partial charge in [-0.3, -0.25) is 14.5 Å². The van der Waals surface area contributed by atoms with Gasteiger partial charge in [-0.05, 0) is 37.5 Å². The highest BCUT2D eigenvalue weighted by Gasteiger charge is 2.36. The van der Waals surface area contributed by atoms with Crippen molar-refractivity contribution < 1.29 is 9.59 Å². The molecule has 0 unspecified atom stereocenters. The van der Waals surface area contributed by atoms with Crippen LogP contribution in [0, 0.1) is 0 Å². The van der Waals surface area contributed by atoms with Gasteiger partial charge in [0.2, 0.25) is 5.91 Å². The Morgan fingerprint density at radius 2 is 1.81 bits per heavy atom. The summed E-state index contributed by atoms with van der Waals surface area (Å²) in [5.74, 6) is 0.121. The Balaban J connectivity index is 1.36. The van der Waals surface area contributed by atoms with Crippen molar-refractivity contribution in [2.75, 3.05) is 26.7 Å². The molecule has 2 aliphatic rings. The van der Waals surface area contributed by atoms with Crippen LogP contribution < -0.4 is 5.32 Å². The van der Waals surface area contributed by atoms with Crippen LogP contribution in [0.25, 0.3) is 5.69 Å². The van der Waals surface area contributed by atoms with Gasteiger partial charge in [-0.2, -0.15) is 5.10 Å². The second-order valence-electron chi connectivity index (χ2n) is 7.31. The van der Waals surface area contributed by atoms with Gasteiger partial charge in [0.15, 0.2) is 0 Å². The van der Waals surface area contributed by atoms with Crippen LogP contribution >= 0.6 is 0 Å². The van der Waals surface area contributed by atoms with Crippen LogP contribution in [0.2, 0.25) is 0 Å². The Bertz CT molecular complexity index is 811. The van der Waals surface area contributed by atoms with Gasteiger partial charge < -0.3 is 10.2 Å². The van der Waals surface area contributed by atoms with Crippen LogP contribution in [0.1, 0.15) is 29.8 Å². The number of hydrogen-bond acceptors (Lipinski definition) is 4. The van der Waals surface area contributed by atoms with Gasteiger partial charge in [0.25, 0.3) is 5.91 Å². The van der Waals surface area contributed by atoms with Crippen molar-refractivity contribution in [2.45, 2.75) is 31.3 Å². The summed E-state index contributed by atoms with van der Waals surface area (Å²) in [7, 11) is 1.87. The van der Waals surface area contributed by atoms with Crippen LogP contribution in [0.3, 0.4) is 0 Å². The smallest absolute Gasteiger partial charge is 0.270 e. The largest absolute Gasteiger partial charge is 0.348 e. The molecule has 2 saturated heterocycles. The molecular weight excluding hydrogens is 342 g/mol. The molecule has 2 aromatic rings. The number of nitrogens with zero attached hydrogens (tertiary/aromatic N) is 4. The topological polar surface area (TPSA) is 70.5 Å². The van der Waals surface area contributed by atoms with Crippen LogP contribution in [-0.2, 0) is 4.79 Å². The van der Waals surface area contributed by atoms with Crippen LogP contribution in [0.5, 0.6) is 0 Å². The zero-order valence-electron chi connectivity index (χ0n) is 15.5. The Morgan fingerprint density at radius 3 is 2.48 bits per heavy atom. The zero-order chi connectivity index (χ0) is 18.8. The average Bonchev–Trinajstić information content (AvgIpc) is 3.31. The first-order chi connectivity index (χ1) is 13.1. The molecule has 0 bridgehead atoms. The molecule has 1 N–H and O–H groups in total. The molecule has 27 heavy (non-hydrogen) atoms. The third kappa shape index (κ3) is 3.60. The summed E-state index contributed by atoms with van der Waals surface area (Å²) in [4.78, 5) is 29.0. The number of carbonyl (C=O) groups is 2. The lowest BCUT2D eigenvalue weighted by molar-refractivity contribution is -0.131. The minimum absolute atomic E-state index is 0.0196. The first kappa shape index (κ1) is 17.7. The van der Waals surface area contributed by atoms with Gasteiger partial charge in [-0.1, -0.05) is 18.2 Å². The minimum Gasteiger partial charge on any atom is -0.348 e. The maximum Gasteiger partial charge on any atom is 0.270 e. The van der Waals surface area contributed by atoms with Crippen molar-refractivity contribution in [3.8, 4) is 5.69 Å². The van der Waals surface area contributed by atoms with E-state index in [-0.39, 0.29) is 23.9 Å². The lowest BCUT2D eigenvalue weighted by Gasteiger charge is -2.35. The summed E-state index contributed by atoms with van der Waals surface area (Å²) in [6, 6.07) is 11.5. The molecule has 3 heterocycles. The van der Waals surface area contributed by atoms with E-state index in [2.05, 4.69) is 15.3 Å². The normalized spacial score (nSPS) is 21.6. The van der Waals surface area contributed by atoms with E-state index in [1.807, 2.05) is 42.3 Å². The first-order valence-corrected chi connectivity index (χ1v) is 9.53. The fraction of sp³-hybridized carbons (Fsp3) is 0.450. The number of nitrogens with one attached hydrogen (secondary N) is 1. The summed E-state index contributed by atoms with van der Waals surface area (Å²) in [6.07, 6.45) is 4.27. The third-order valence-electron chi connectivity index (χ3n) is 5.58. The molecule has 7 heteroatoms. The zero-order valence-corrected chi connectivity index (χ0v) is 15.5. The maximum absolute atomic E-state index is 12.8. The van der Waals surface area contributed by atoms with Crippen molar-refractivity contribution in [1.29, 1.82) is 0 Å². The summed E-state index contributed by atoms with van der Waals surface area (Å²) in [6.45, 7) is 2.52. The molecular formula is C20H25N5O2. The van der Waals surface area contributed by atoms with Crippen molar-refractivity contribution in [1.82, 2.24) is 24.9 Å². The van der Waals surface area contributed by atoms with Crippen molar-refractivity contribution in [2.24, 2.45) is 0 Å². The van der Waals surface area contributed by atoms with Gasteiger partial charge >= 0.3 is 0 Å². The molecule has 1 aromatic heterocycles. The molecule has 4 rings (SSSR count). The Kier molecular flexibility index (Phi) is 4.94. The van der Waals surface area contributed by atoms with E-state index in [0.717, 1.165) is 44.6 Å². The number of likely N-dealkylation sites (tertiary alicyclic amines) is 2. The van der Waals surface area contributed by atoms with E-state index in [0.29, 0.717) is 5.69 Å². The predicted octanol–water partition coefficient (Wildman–Crippen LogP) is 1.30. The van der Waals surface area contributed by atoms with Gasteiger partial charge in [-0.25, -0.2) is 4.68 Å². The highest BCUT2D eigenvalue weighted by Crippen LogP contribution is 2.21. The molecule has 2 amide bonds. The van der Waals surface area contributed by atoms with Crippen LogP contribution in [0.4, 0.5) is 0 Å². The van der Waals surface area contributed by atoms with E-state index in [1.165, 1.54) is 0 Å². The highest BCUT2D eigenvalue weighted by molar-refractivity contribution is 5.93. The number of rotatable bonds is 4. The van der Waals surface area contributed by atoms with E-state index < -0.39 is 0 Å². The number of carbonyl (C=O) groups excluding carboxylic acids is 2. The number of aromatic nitrogens is 2. The summed E-state index contributed by atoms with van der Waals surface area (Å²) >= 11 is 0. The molecule has 0 saturated carbocycles. The maximum atomic E-state index is 12.8. The minimum atomic E-state index is -0.105. The molecule has 2 aliphatic heterocycles. The fourth-order valence-electron chi connectivity index (χ4n) is 4.01. The van der Waals surface area contributed by atoms with Gasteiger partial charge in [0.05, 0.1) is 17.9 Å². The van der Waals surface area contributed by atoms with Crippen molar-refractivity contribution in [3.05, 3.63) is 48.3 Å². The standard InChI is InChI=1S/C20H25N5O2/c1-23-12-10-18(20(23)27)24-13-8-15(9-14-24)22-19(26)17-7-11-21-25(17)16-5-3-2-4-6-16/h2-7,11,15,18H,8-10,12-14H2,1H3,(H,22,26)/t18-/m1/s1. The molecule has 1 aromatic carbocycles. The molecule has 7 nitrogen and oxygen atoms in total. The molecule has 0 radical (unpaired) electrons. The molecule has 2 fully saturated rings. The molecule has 0 spiro atoms. The molecule has 0 aliphatic carbocycles. The lowest BCUT2D eigenvalue weighted by atomic mass is 10.0. The van der Waals surface area contributed by atoms with Crippen molar-refractivity contribution >= 4 is 11.8 Å². The number of piperidine rings is 1. The Hall–Kier alpha value is -2.67. The lowest BCUT2D eigenvalue weighted by Crippen LogP contribution is -2.50. The quantitative estimate of drug-likeness (QED) is 0.884. The van der Waals surface area contributed by atoms with Gasteiger partial charge in [0.1, 0.15) is 5.69 Å². The monoisotopic (exact) mass is 367 g/mol. The summed E-state index contributed by atoms with van der Waals surface area (Å²) in [5.41, 5.74) is 1.41. The van der Waals surface area contributed by atoms with Gasteiger partial charge in [-0.15, -0.1) is 0 Å². The van der Waals surface area contributed by atoms with Crippen molar-refractivity contribution in [3.63, 3.8) is 0 Å². The van der Waals surface area contributed by atoms with E-state index >= 15 is 0 Å². The first-order valence-electron chi connectivity index (χ1n) is 9.53. The van der Waals surface area contributed by atoms with Gasteiger partial charge in [0, 0.05) is 32.7 Å². The van der Waals surface area contributed by atoms with Crippen LogP contribution in [0.15, 0.2) is 42.6 Å². The number of benzene rings is 1. The van der Waals surface area contributed by atoms with E-state index in [9.17, 15) is 9.59 Å². The SMILES string of the molecule is CN1CC[C@@H](N2CCC(NC(=O)c3ccnn3-c3ccccc3)CC2)C1=O. The number of amides is 2. The van der Waals surface area contributed by atoms with E-state index in [1.54, 1.807) is 16.9 Å². The molecule has 1 atom stereocenters. The number of hydrogen-bond donors (Lipinski definition) is 1. The van der Waals surface area contributed by atoms with Crippen LogP contribution in [-0.4, -0.2) is 70.2 Å². The fourth-order valence-corrected chi connectivity index (χ4v) is 4.01. The Morgan fingerprint density at radius 1 is 1.07 bits per heavy atom. The number of likely N-dealkylation sites (N-methyl/N-ethyl adjacent to an activating group) is 1. The number of para-hydroxylation sites is 1. The second-order valence-corrected chi connectivity index (χ2v) is 7.31. The molecule has 142 valence electrons. The average molecular weight is 367 g/mol. The second kappa shape index (κ2) is 7.52.